The van der Waals surface area contributed by atoms with Crippen molar-refractivity contribution in [1.82, 2.24) is 4.90 Å². The molecular weight excluding hydrogens is 241 g/mol. The third kappa shape index (κ3) is 6.05. The SMILES string of the molecule is NCCCCCCCN1CCC(C(F)(F)F)CC1. The summed E-state index contributed by atoms with van der Waals surface area (Å²) in [5.41, 5.74) is 5.41. The van der Waals surface area contributed by atoms with Gasteiger partial charge in [0.25, 0.3) is 0 Å². The quantitative estimate of drug-likeness (QED) is 0.717. The van der Waals surface area contributed by atoms with Crippen LogP contribution in [0.4, 0.5) is 13.2 Å². The highest BCUT2D eigenvalue weighted by molar-refractivity contribution is 4.76. The summed E-state index contributed by atoms with van der Waals surface area (Å²) in [6, 6.07) is 0. The molecule has 0 aromatic heterocycles. The number of unbranched alkanes of at least 4 members (excludes halogenated alkanes) is 4. The van der Waals surface area contributed by atoms with Gasteiger partial charge in [-0.05, 0) is 51.9 Å². The molecule has 0 spiro atoms. The summed E-state index contributed by atoms with van der Waals surface area (Å²) in [7, 11) is 0. The van der Waals surface area contributed by atoms with Crippen LogP contribution in [0, 0.1) is 5.92 Å². The van der Waals surface area contributed by atoms with Crippen molar-refractivity contribution >= 4 is 0 Å². The van der Waals surface area contributed by atoms with E-state index in [9.17, 15) is 13.2 Å². The van der Waals surface area contributed by atoms with Crippen LogP contribution >= 0.6 is 0 Å². The lowest BCUT2D eigenvalue weighted by Crippen LogP contribution is -2.39. The molecule has 1 rings (SSSR count). The molecule has 2 nitrogen and oxygen atoms in total. The van der Waals surface area contributed by atoms with E-state index in [4.69, 9.17) is 5.73 Å². The maximum atomic E-state index is 12.5. The average molecular weight is 266 g/mol. The standard InChI is InChI=1S/C13H25F3N2/c14-13(15,16)12-6-10-18(11-7-12)9-5-3-1-2-4-8-17/h12H,1-11,17H2. The molecule has 0 aliphatic carbocycles. The Morgan fingerprint density at radius 3 is 2.06 bits per heavy atom. The molecule has 1 fully saturated rings. The molecule has 2 N–H and O–H groups in total. The molecular formula is C13H25F3N2. The Bertz CT molecular complexity index is 211. The van der Waals surface area contributed by atoms with Gasteiger partial charge in [-0.1, -0.05) is 19.3 Å². The van der Waals surface area contributed by atoms with Gasteiger partial charge in [0.05, 0.1) is 5.92 Å². The van der Waals surface area contributed by atoms with Crippen LogP contribution in [-0.4, -0.2) is 37.3 Å². The third-order valence-corrected chi connectivity index (χ3v) is 3.73. The Labute approximate surface area is 108 Å². The number of hydrogen-bond acceptors (Lipinski definition) is 2. The van der Waals surface area contributed by atoms with E-state index in [-0.39, 0.29) is 12.8 Å². The van der Waals surface area contributed by atoms with Crippen LogP contribution in [0.25, 0.3) is 0 Å². The lowest BCUT2D eigenvalue weighted by molar-refractivity contribution is -0.185. The van der Waals surface area contributed by atoms with Crippen molar-refractivity contribution in [1.29, 1.82) is 0 Å². The molecule has 1 saturated heterocycles. The molecule has 0 atom stereocenters. The minimum atomic E-state index is -3.99. The molecule has 1 aliphatic heterocycles. The fraction of sp³-hybridized carbons (Fsp3) is 1.00. The molecule has 0 bridgehead atoms. The normalized spacial score (nSPS) is 19.3. The maximum Gasteiger partial charge on any atom is 0.391 e. The number of nitrogens with two attached hydrogens (primary N) is 1. The third-order valence-electron chi connectivity index (χ3n) is 3.73. The van der Waals surface area contributed by atoms with Crippen molar-refractivity contribution in [3.8, 4) is 0 Å². The van der Waals surface area contributed by atoms with Gasteiger partial charge >= 0.3 is 6.18 Å². The van der Waals surface area contributed by atoms with Crippen molar-refractivity contribution in [2.45, 2.75) is 51.1 Å². The first-order valence-corrected chi connectivity index (χ1v) is 7.03. The number of halogens is 3. The summed E-state index contributed by atoms with van der Waals surface area (Å²) in [6.45, 7) is 2.91. The van der Waals surface area contributed by atoms with Crippen molar-refractivity contribution in [3.05, 3.63) is 0 Å². The van der Waals surface area contributed by atoms with E-state index in [1.165, 1.54) is 19.3 Å². The molecule has 0 amide bonds. The predicted octanol–water partition coefficient (Wildman–Crippen LogP) is 3.17. The number of rotatable bonds is 7. The highest BCUT2D eigenvalue weighted by Crippen LogP contribution is 2.34. The Morgan fingerprint density at radius 2 is 1.50 bits per heavy atom. The molecule has 0 unspecified atom stereocenters. The van der Waals surface area contributed by atoms with Crippen LogP contribution in [0.5, 0.6) is 0 Å². The second kappa shape index (κ2) is 8.00. The lowest BCUT2D eigenvalue weighted by atomic mass is 9.96. The molecule has 5 heteroatoms. The summed E-state index contributed by atoms with van der Waals surface area (Å²) >= 11 is 0. The summed E-state index contributed by atoms with van der Waals surface area (Å²) < 4.78 is 37.4. The molecule has 1 heterocycles. The minimum absolute atomic E-state index is 0.274. The Hall–Kier alpha value is -0.290. The van der Waals surface area contributed by atoms with Crippen molar-refractivity contribution in [3.63, 3.8) is 0 Å². The molecule has 1 aliphatic rings. The molecule has 0 radical (unpaired) electrons. The van der Waals surface area contributed by atoms with Crippen LogP contribution in [-0.2, 0) is 0 Å². The van der Waals surface area contributed by atoms with E-state index in [1.807, 2.05) is 0 Å². The van der Waals surface area contributed by atoms with E-state index in [1.54, 1.807) is 0 Å². The zero-order chi connectivity index (χ0) is 13.4. The van der Waals surface area contributed by atoms with Gasteiger partial charge in [-0.3, -0.25) is 0 Å². The van der Waals surface area contributed by atoms with Gasteiger partial charge in [0.2, 0.25) is 0 Å². The second-order valence-corrected chi connectivity index (χ2v) is 5.21. The average Bonchev–Trinajstić information content (AvgIpc) is 2.33. The minimum Gasteiger partial charge on any atom is -0.330 e. The lowest BCUT2D eigenvalue weighted by Gasteiger charge is -2.32. The van der Waals surface area contributed by atoms with Gasteiger partial charge in [0, 0.05) is 0 Å². The van der Waals surface area contributed by atoms with Gasteiger partial charge in [0.1, 0.15) is 0 Å². The maximum absolute atomic E-state index is 12.5. The summed E-state index contributed by atoms with van der Waals surface area (Å²) in [4.78, 5) is 2.17. The number of nitrogens with zero attached hydrogens (tertiary/aromatic N) is 1. The van der Waals surface area contributed by atoms with E-state index < -0.39 is 12.1 Å². The van der Waals surface area contributed by atoms with E-state index in [2.05, 4.69) is 4.90 Å². The Kier molecular flexibility index (Phi) is 7.00. The topological polar surface area (TPSA) is 29.3 Å². The second-order valence-electron chi connectivity index (χ2n) is 5.21. The summed E-state index contributed by atoms with van der Waals surface area (Å²) in [5, 5.41) is 0. The van der Waals surface area contributed by atoms with Crippen molar-refractivity contribution < 1.29 is 13.2 Å². The van der Waals surface area contributed by atoms with E-state index in [0.717, 1.165) is 25.9 Å². The molecule has 0 aromatic carbocycles. The van der Waals surface area contributed by atoms with Gasteiger partial charge in [-0.15, -0.1) is 0 Å². The van der Waals surface area contributed by atoms with Gasteiger partial charge < -0.3 is 10.6 Å². The zero-order valence-corrected chi connectivity index (χ0v) is 11.0. The van der Waals surface area contributed by atoms with Gasteiger partial charge in [-0.25, -0.2) is 0 Å². The summed E-state index contributed by atoms with van der Waals surface area (Å²) in [5.74, 6) is -1.07. The molecule has 18 heavy (non-hydrogen) atoms. The van der Waals surface area contributed by atoms with Crippen molar-refractivity contribution in [2.24, 2.45) is 11.7 Å². The predicted molar refractivity (Wildman–Crippen MR) is 67.4 cm³/mol. The first-order valence-electron chi connectivity index (χ1n) is 7.03. The van der Waals surface area contributed by atoms with Gasteiger partial charge in [0.15, 0.2) is 0 Å². The van der Waals surface area contributed by atoms with E-state index in [0.29, 0.717) is 13.1 Å². The van der Waals surface area contributed by atoms with Crippen LogP contribution in [0.2, 0.25) is 0 Å². The Morgan fingerprint density at radius 1 is 0.944 bits per heavy atom. The smallest absolute Gasteiger partial charge is 0.330 e. The van der Waals surface area contributed by atoms with Crippen LogP contribution in [0.1, 0.15) is 44.9 Å². The fourth-order valence-corrected chi connectivity index (χ4v) is 2.49. The van der Waals surface area contributed by atoms with Crippen LogP contribution < -0.4 is 5.73 Å². The molecule has 0 saturated carbocycles. The Balaban J connectivity index is 2.02. The fourth-order valence-electron chi connectivity index (χ4n) is 2.49. The van der Waals surface area contributed by atoms with Crippen molar-refractivity contribution in [2.75, 3.05) is 26.2 Å². The first kappa shape index (κ1) is 15.8. The monoisotopic (exact) mass is 266 g/mol. The highest BCUT2D eigenvalue weighted by Gasteiger charge is 2.40. The zero-order valence-electron chi connectivity index (χ0n) is 11.0. The largest absolute Gasteiger partial charge is 0.391 e. The van der Waals surface area contributed by atoms with Gasteiger partial charge in [-0.2, -0.15) is 13.2 Å². The number of alkyl halides is 3. The number of likely N-dealkylation sites (tertiary alicyclic amines) is 1. The molecule has 0 aromatic rings. The number of hydrogen-bond donors (Lipinski definition) is 1. The molecule has 108 valence electrons. The number of piperidine rings is 1. The summed E-state index contributed by atoms with van der Waals surface area (Å²) in [6.07, 6.45) is 2.27. The van der Waals surface area contributed by atoms with Crippen LogP contribution in [0.15, 0.2) is 0 Å². The van der Waals surface area contributed by atoms with Crippen LogP contribution in [0.3, 0.4) is 0 Å². The van der Waals surface area contributed by atoms with E-state index >= 15 is 0 Å². The first-order chi connectivity index (χ1) is 8.54. The highest BCUT2D eigenvalue weighted by atomic mass is 19.4.